The van der Waals surface area contributed by atoms with Gasteiger partial charge in [0.1, 0.15) is 5.56 Å². The molecule has 0 bridgehead atoms. The lowest BCUT2D eigenvalue weighted by Crippen LogP contribution is -2.29. The van der Waals surface area contributed by atoms with Crippen LogP contribution in [0.5, 0.6) is 0 Å². The largest absolute Gasteiger partial charge is 0.348 e. The fraction of sp³-hybridized carbons (Fsp3) is 0.200. The van der Waals surface area contributed by atoms with Crippen molar-refractivity contribution in [3.05, 3.63) is 81.1 Å². The number of hydrogen-bond acceptors (Lipinski definition) is 2. The first-order valence-electron chi connectivity index (χ1n) is 8.12. The highest BCUT2D eigenvalue weighted by molar-refractivity contribution is 5.98. The van der Waals surface area contributed by atoms with Gasteiger partial charge in [0, 0.05) is 24.7 Å². The van der Waals surface area contributed by atoms with Gasteiger partial charge in [0.25, 0.3) is 5.91 Å². The van der Waals surface area contributed by atoms with E-state index >= 15 is 0 Å². The SMILES string of the molecule is Cc1ccc(CNC(=O)c2cn3c4c(cccc4c2=O)CC3)cc1. The van der Waals surface area contributed by atoms with Crippen molar-refractivity contribution in [3.63, 3.8) is 0 Å². The van der Waals surface area contributed by atoms with Crippen molar-refractivity contribution in [1.82, 2.24) is 9.88 Å². The maximum absolute atomic E-state index is 12.7. The fourth-order valence-corrected chi connectivity index (χ4v) is 3.30. The van der Waals surface area contributed by atoms with Crippen molar-refractivity contribution in [2.24, 2.45) is 0 Å². The second-order valence-electron chi connectivity index (χ2n) is 6.30. The lowest BCUT2D eigenvalue weighted by atomic mass is 10.1. The van der Waals surface area contributed by atoms with Gasteiger partial charge in [0.2, 0.25) is 5.43 Å². The molecule has 1 aromatic heterocycles. The molecule has 2 heterocycles. The lowest BCUT2D eigenvalue weighted by molar-refractivity contribution is 0.0949. The highest BCUT2D eigenvalue weighted by Gasteiger charge is 2.20. The maximum Gasteiger partial charge on any atom is 0.257 e. The minimum absolute atomic E-state index is 0.189. The molecule has 4 heteroatoms. The molecule has 3 aromatic rings. The molecular formula is C20H18N2O2. The van der Waals surface area contributed by atoms with E-state index in [0.717, 1.165) is 24.0 Å². The summed E-state index contributed by atoms with van der Waals surface area (Å²) in [5.74, 6) is -0.316. The van der Waals surface area contributed by atoms with Gasteiger partial charge in [0.05, 0.1) is 5.52 Å². The van der Waals surface area contributed by atoms with E-state index in [1.54, 1.807) is 12.3 Å². The first-order chi connectivity index (χ1) is 11.6. The van der Waals surface area contributed by atoms with Gasteiger partial charge < -0.3 is 9.88 Å². The average molecular weight is 318 g/mol. The Morgan fingerprint density at radius 2 is 1.96 bits per heavy atom. The van der Waals surface area contributed by atoms with Crippen LogP contribution in [0, 0.1) is 6.92 Å². The van der Waals surface area contributed by atoms with Gasteiger partial charge in [0.15, 0.2) is 0 Å². The minimum atomic E-state index is -0.316. The summed E-state index contributed by atoms with van der Waals surface area (Å²) < 4.78 is 2.02. The molecule has 1 aliphatic rings. The third kappa shape index (κ3) is 2.40. The number of hydrogen-bond donors (Lipinski definition) is 1. The second-order valence-corrected chi connectivity index (χ2v) is 6.30. The van der Waals surface area contributed by atoms with Crippen molar-refractivity contribution >= 4 is 16.8 Å². The zero-order valence-electron chi connectivity index (χ0n) is 13.5. The molecule has 2 aromatic carbocycles. The van der Waals surface area contributed by atoms with Crippen molar-refractivity contribution < 1.29 is 4.79 Å². The van der Waals surface area contributed by atoms with Crippen LogP contribution in [-0.2, 0) is 19.5 Å². The van der Waals surface area contributed by atoms with E-state index < -0.39 is 0 Å². The molecule has 1 aliphatic heterocycles. The van der Waals surface area contributed by atoms with Crippen molar-refractivity contribution in [3.8, 4) is 0 Å². The number of nitrogens with zero attached hydrogens (tertiary/aromatic N) is 1. The molecule has 4 rings (SSSR count). The van der Waals surface area contributed by atoms with Gasteiger partial charge in [-0.25, -0.2) is 0 Å². The van der Waals surface area contributed by atoms with Crippen LogP contribution in [0.1, 0.15) is 27.0 Å². The Bertz CT molecular complexity index is 1000. The van der Waals surface area contributed by atoms with Crippen LogP contribution >= 0.6 is 0 Å². The number of pyridine rings is 1. The maximum atomic E-state index is 12.7. The predicted molar refractivity (Wildman–Crippen MR) is 94.3 cm³/mol. The molecule has 0 saturated carbocycles. The Hall–Kier alpha value is -2.88. The number of carbonyl (C=O) groups is 1. The van der Waals surface area contributed by atoms with Gasteiger partial charge >= 0.3 is 0 Å². The van der Waals surface area contributed by atoms with Crippen LogP contribution in [0.15, 0.2) is 53.5 Å². The summed E-state index contributed by atoms with van der Waals surface area (Å²) in [6.45, 7) is 3.25. The molecule has 0 spiro atoms. The third-order valence-electron chi connectivity index (χ3n) is 4.62. The van der Waals surface area contributed by atoms with Crippen LogP contribution in [-0.4, -0.2) is 10.5 Å². The highest BCUT2D eigenvalue weighted by Crippen LogP contribution is 2.23. The summed E-state index contributed by atoms with van der Waals surface area (Å²) in [5.41, 5.74) is 4.37. The Morgan fingerprint density at radius 1 is 1.17 bits per heavy atom. The van der Waals surface area contributed by atoms with E-state index in [-0.39, 0.29) is 16.9 Å². The first-order valence-corrected chi connectivity index (χ1v) is 8.12. The molecule has 0 saturated heterocycles. The molecule has 0 fully saturated rings. The number of para-hydroxylation sites is 1. The van der Waals surface area contributed by atoms with Crippen LogP contribution in [0.4, 0.5) is 0 Å². The molecule has 1 amide bonds. The van der Waals surface area contributed by atoms with E-state index in [2.05, 4.69) is 5.32 Å². The van der Waals surface area contributed by atoms with Crippen LogP contribution < -0.4 is 10.7 Å². The van der Waals surface area contributed by atoms with Crippen LogP contribution in [0.25, 0.3) is 10.9 Å². The fourth-order valence-electron chi connectivity index (χ4n) is 3.30. The Labute approximate surface area is 139 Å². The number of aromatic nitrogens is 1. The summed E-state index contributed by atoms with van der Waals surface area (Å²) in [6.07, 6.45) is 2.61. The topological polar surface area (TPSA) is 51.1 Å². The van der Waals surface area contributed by atoms with Gasteiger partial charge in [-0.05, 0) is 30.5 Å². The number of benzene rings is 2. The predicted octanol–water partition coefficient (Wildman–Crippen LogP) is 2.80. The summed E-state index contributed by atoms with van der Waals surface area (Å²) in [7, 11) is 0. The zero-order valence-corrected chi connectivity index (χ0v) is 13.5. The number of aryl methyl sites for hydroxylation is 3. The normalized spacial score (nSPS) is 12.5. The second kappa shape index (κ2) is 5.64. The quantitative estimate of drug-likeness (QED) is 0.807. The number of rotatable bonds is 3. The van der Waals surface area contributed by atoms with Crippen molar-refractivity contribution in [2.45, 2.75) is 26.4 Å². The smallest absolute Gasteiger partial charge is 0.257 e. The summed E-state index contributed by atoms with van der Waals surface area (Å²) in [4.78, 5) is 25.2. The Kier molecular flexibility index (Phi) is 3.45. The minimum Gasteiger partial charge on any atom is -0.348 e. The molecule has 0 radical (unpaired) electrons. The Balaban J connectivity index is 1.65. The molecular weight excluding hydrogens is 300 g/mol. The van der Waals surface area contributed by atoms with Crippen molar-refractivity contribution in [1.29, 1.82) is 0 Å². The Morgan fingerprint density at radius 3 is 2.75 bits per heavy atom. The molecule has 4 nitrogen and oxygen atoms in total. The molecule has 24 heavy (non-hydrogen) atoms. The highest BCUT2D eigenvalue weighted by atomic mass is 16.2. The lowest BCUT2D eigenvalue weighted by Gasteiger charge is -2.09. The van der Waals surface area contributed by atoms with Gasteiger partial charge in [-0.2, -0.15) is 0 Å². The van der Waals surface area contributed by atoms with E-state index in [0.29, 0.717) is 11.9 Å². The zero-order chi connectivity index (χ0) is 16.7. The van der Waals surface area contributed by atoms with E-state index in [9.17, 15) is 9.59 Å². The van der Waals surface area contributed by atoms with Gasteiger partial charge in [-0.1, -0.05) is 42.0 Å². The van der Waals surface area contributed by atoms with Crippen LogP contribution in [0.2, 0.25) is 0 Å². The van der Waals surface area contributed by atoms with Crippen molar-refractivity contribution in [2.75, 3.05) is 0 Å². The average Bonchev–Trinajstić information content (AvgIpc) is 3.01. The van der Waals surface area contributed by atoms with Gasteiger partial charge in [-0.3, -0.25) is 9.59 Å². The monoisotopic (exact) mass is 318 g/mol. The van der Waals surface area contributed by atoms with Crippen LogP contribution in [0.3, 0.4) is 0 Å². The molecule has 120 valence electrons. The first kappa shape index (κ1) is 14.7. The molecule has 0 unspecified atom stereocenters. The summed E-state index contributed by atoms with van der Waals surface area (Å²) in [6, 6.07) is 13.7. The van der Waals surface area contributed by atoms with E-state index in [4.69, 9.17) is 0 Å². The molecule has 0 aliphatic carbocycles. The summed E-state index contributed by atoms with van der Waals surface area (Å²) >= 11 is 0. The number of amides is 1. The summed E-state index contributed by atoms with van der Waals surface area (Å²) in [5, 5.41) is 3.49. The number of nitrogens with one attached hydrogen (secondary N) is 1. The van der Waals surface area contributed by atoms with E-state index in [1.165, 1.54) is 11.1 Å². The molecule has 0 atom stereocenters. The standard InChI is InChI=1S/C20H18N2O2/c1-13-5-7-14(8-6-13)11-21-20(24)17-12-22-10-9-15-3-2-4-16(18(15)22)19(17)23/h2-8,12H,9-11H2,1H3,(H,21,24). The van der Waals surface area contributed by atoms with E-state index in [1.807, 2.05) is 47.9 Å². The van der Waals surface area contributed by atoms with Gasteiger partial charge in [-0.15, -0.1) is 0 Å². The third-order valence-corrected chi connectivity index (χ3v) is 4.62. The number of carbonyl (C=O) groups excluding carboxylic acids is 1. The molecule has 1 N–H and O–H groups in total.